The van der Waals surface area contributed by atoms with E-state index in [0.29, 0.717) is 5.56 Å². The third kappa shape index (κ3) is 2.70. The summed E-state index contributed by atoms with van der Waals surface area (Å²) in [5.41, 5.74) is 6.97. The number of primary amides is 1. The average molecular weight is 371 g/mol. The second kappa shape index (κ2) is 6.40. The normalized spacial score (nSPS) is 20.6. The lowest BCUT2D eigenvalue weighted by Crippen LogP contribution is -2.39. The highest BCUT2D eigenvalue weighted by atomic mass is 16.7. The molecule has 1 aromatic carbocycles. The monoisotopic (exact) mass is 371 g/mol. The van der Waals surface area contributed by atoms with Gasteiger partial charge in [0.25, 0.3) is 0 Å². The standard InChI is InChI=1S/C17H17N5O5/c1-26-15(23)14-13-11(7-21(19-13)16(18)24)12-8-20(14)17(25)22(12)27-9-10-5-3-2-4-6-10/h2-7,12,14H,8-9H2,1H3,(H2,18,24)/t12-,14?/m1/s1. The molecule has 140 valence electrons. The van der Waals surface area contributed by atoms with Crippen LogP contribution in [0.25, 0.3) is 0 Å². The lowest BCUT2D eigenvalue weighted by atomic mass is 9.98. The van der Waals surface area contributed by atoms with Crippen molar-refractivity contribution in [1.82, 2.24) is 19.7 Å². The Morgan fingerprint density at radius 3 is 2.70 bits per heavy atom. The van der Waals surface area contributed by atoms with Gasteiger partial charge < -0.3 is 15.4 Å². The van der Waals surface area contributed by atoms with Gasteiger partial charge in [0.15, 0.2) is 6.04 Å². The molecule has 0 radical (unpaired) electrons. The minimum Gasteiger partial charge on any atom is -0.467 e. The summed E-state index contributed by atoms with van der Waals surface area (Å²) in [6.07, 6.45) is 1.42. The maximum Gasteiger partial charge on any atom is 0.345 e. The number of ether oxygens (including phenoxy) is 1. The van der Waals surface area contributed by atoms with E-state index in [0.717, 1.165) is 10.2 Å². The largest absolute Gasteiger partial charge is 0.467 e. The van der Waals surface area contributed by atoms with Gasteiger partial charge in [-0.25, -0.2) is 14.4 Å². The number of rotatable bonds is 4. The molecule has 2 aliphatic heterocycles. The molecule has 0 aliphatic carbocycles. The maximum atomic E-state index is 12.8. The third-order valence-electron chi connectivity index (χ3n) is 4.65. The Bertz CT molecular complexity index is 912. The van der Waals surface area contributed by atoms with Gasteiger partial charge in [0, 0.05) is 11.8 Å². The van der Waals surface area contributed by atoms with Gasteiger partial charge in [-0.1, -0.05) is 30.3 Å². The molecule has 1 saturated heterocycles. The first kappa shape index (κ1) is 17.0. The number of esters is 1. The van der Waals surface area contributed by atoms with E-state index in [2.05, 4.69) is 5.10 Å². The van der Waals surface area contributed by atoms with Gasteiger partial charge >= 0.3 is 18.0 Å². The topological polar surface area (TPSA) is 120 Å². The molecule has 10 heteroatoms. The van der Waals surface area contributed by atoms with E-state index in [9.17, 15) is 14.4 Å². The molecule has 4 rings (SSSR count). The van der Waals surface area contributed by atoms with Gasteiger partial charge in [0.05, 0.1) is 13.7 Å². The molecule has 27 heavy (non-hydrogen) atoms. The van der Waals surface area contributed by atoms with E-state index in [1.807, 2.05) is 30.3 Å². The number of carbonyl (C=O) groups is 3. The summed E-state index contributed by atoms with van der Waals surface area (Å²) in [5.74, 6) is -0.650. The quantitative estimate of drug-likeness (QED) is 0.799. The lowest BCUT2D eigenvalue weighted by molar-refractivity contribution is -0.146. The number of nitrogens with zero attached hydrogens (tertiary/aromatic N) is 4. The first-order valence-electron chi connectivity index (χ1n) is 8.25. The Morgan fingerprint density at radius 2 is 2.04 bits per heavy atom. The highest BCUT2D eigenvalue weighted by Crippen LogP contribution is 2.43. The summed E-state index contributed by atoms with van der Waals surface area (Å²) in [6, 6.07) is 6.56. The number of fused-ring (bicyclic) bond motifs is 4. The fourth-order valence-electron chi connectivity index (χ4n) is 3.38. The first-order valence-corrected chi connectivity index (χ1v) is 8.25. The molecule has 0 saturated carbocycles. The molecule has 1 fully saturated rings. The molecule has 2 N–H and O–H groups in total. The summed E-state index contributed by atoms with van der Waals surface area (Å²) in [4.78, 5) is 43.7. The molecule has 1 unspecified atom stereocenters. The number of amides is 3. The van der Waals surface area contributed by atoms with Crippen molar-refractivity contribution in [3.05, 3.63) is 53.3 Å². The van der Waals surface area contributed by atoms with E-state index in [1.54, 1.807) is 0 Å². The smallest absolute Gasteiger partial charge is 0.345 e. The molecule has 2 aromatic rings. The number of urea groups is 1. The van der Waals surface area contributed by atoms with Crippen LogP contribution < -0.4 is 5.73 Å². The molecule has 3 amide bonds. The minimum atomic E-state index is -1.06. The van der Waals surface area contributed by atoms with Crippen molar-refractivity contribution in [3.8, 4) is 0 Å². The first-order chi connectivity index (χ1) is 13.0. The Labute approximate surface area is 154 Å². The van der Waals surface area contributed by atoms with E-state index in [4.69, 9.17) is 15.3 Å². The third-order valence-corrected chi connectivity index (χ3v) is 4.65. The highest BCUT2D eigenvalue weighted by Gasteiger charge is 2.53. The summed E-state index contributed by atoms with van der Waals surface area (Å²) in [7, 11) is 1.23. The van der Waals surface area contributed by atoms with Crippen molar-refractivity contribution in [2.75, 3.05) is 13.7 Å². The molecule has 10 nitrogen and oxygen atoms in total. The van der Waals surface area contributed by atoms with Crippen LogP contribution in [0.1, 0.15) is 28.9 Å². The number of carbonyl (C=O) groups excluding carboxylic acids is 3. The van der Waals surface area contributed by atoms with Crippen molar-refractivity contribution in [2.24, 2.45) is 5.73 Å². The Balaban J connectivity index is 1.68. The van der Waals surface area contributed by atoms with E-state index in [1.165, 1.54) is 23.3 Å². The van der Waals surface area contributed by atoms with E-state index in [-0.39, 0.29) is 18.8 Å². The van der Waals surface area contributed by atoms with E-state index < -0.39 is 30.1 Å². The summed E-state index contributed by atoms with van der Waals surface area (Å²) in [6.45, 7) is 0.393. The molecule has 2 aliphatic rings. The zero-order chi connectivity index (χ0) is 19.1. The van der Waals surface area contributed by atoms with Crippen LogP contribution in [0.15, 0.2) is 36.5 Å². The van der Waals surface area contributed by atoms with Crippen molar-refractivity contribution < 1.29 is 24.0 Å². The Hall–Kier alpha value is -3.40. The van der Waals surface area contributed by atoms with Crippen LogP contribution in [0.2, 0.25) is 0 Å². The number of hydrogen-bond donors (Lipinski definition) is 1. The second-order valence-corrected chi connectivity index (χ2v) is 6.21. The van der Waals surface area contributed by atoms with Crippen molar-refractivity contribution in [1.29, 1.82) is 0 Å². The molecule has 3 heterocycles. The summed E-state index contributed by atoms with van der Waals surface area (Å²) in [5, 5.41) is 5.30. The Morgan fingerprint density at radius 1 is 1.30 bits per heavy atom. The second-order valence-electron chi connectivity index (χ2n) is 6.21. The predicted molar refractivity (Wildman–Crippen MR) is 89.9 cm³/mol. The number of hydrogen-bond acceptors (Lipinski definition) is 6. The maximum absolute atomic E-state index is 12.8. The molecular weight excluding hydrogens is 354 g/mol. The molecule has 2 atom stereocenters. The van der Waals surface area contributed by atoms with Crippen molar-refractivity contribution >= 4 is 18.0 Å². The van der Waals surface area contributed by atoms with Crippen LogP contribution in [-0.4, -0.2) is 51.4 Å². The molecule has 0 spiro atoms. The predicted octanol–water partition coefficient (Wildman–Crippen LogP) is 0.948. The van der Waals surface area contributed by atoms with E-state index >= 15 is 0 Å². The fraction of sp³-hybridized carbons (Fsp3) is 0.294. The molecular formula is C17H17N5O5. The van der Waals surface area contributed by atoms with Gasteiger partial charge in [0.1, 0.15) is 18.3 Å². The average Bonchev–Trinajstić information content (AvgIpc) is 3.23. The van der Waals surface area contributed by atoms with Gasteiger partial charge in [-0.05, 0) is 5.56 Å². The number of nitrogens with two attached hydrogens (primary N) is 1. The number of methoxy groups -OCH3 is 1. The number of benzene rings is 1. The molecule has 2 bridgehead atoms. The molecule has 1 aromatic heterocycles. The fourth-order valence-corrected chi connectivity index (χ4v) is 3.38. The van der Waals surface area contributed by atoms with Gasteiger partial charge in [-0.2, -0.15) is 14.8 Å². The van der Waals surface area contributed by atoms with Crippen LogP contribution >= 0.6 is 0 Å². The zero-order valence-corrected chi connectivity index (χ0v) is 14.4. The van der Waals surface area contributed by atoms with Crippen LogP contribution in [0, 0.1) is 0 Å². The van der Waals surface area contributed by atoms with Crippen molar-refractivity contribution in [3.63, 3.8) is 0 Å². The summed E-state index contributed by atoms with van der Waals surface area (Å²) < 4.78 is 5.77. The van der Waals surface area contributed by atoms with Crippen LogP contribution in [0.5, 0.6) is 0 Å². The van der Waals surface area contributed by atoms with Gasteiger partial charge in [0.2, 0.25) is 0 Å². The SMILES string of the molecule is COC(=O)C1c2nn(C(N)=O)cc2[C@H]2CN1C(=O)N2OCc1ccccc1. The zero-order valence-electron chi connectivity index (χ0n) is 14.4. The van der Waals surface area contributed by atoms with Gasteiger partial charge in [-0.3, -0.25) is 4.84 Å². The van der Waals surface area contributed by atoms with Crippen molar-refractivity contribution in [2.45, 2.75) is 18.7 Å². The highest BCUT2D eigenvalue weighted by molar-refractivity contribution is 5.88. The lowest BCUT2D eigenvalue weighted by Gasteiger charge is -2.27. The number of aromatic nitrogens is 2. The number of hydroxylamine groups is 2. The Kier molecular flexibility index (Phi) is 4.04. The minimum absolute atomic E-state index is 0.180. The van der Waals surface area contributed by atoms with Crippen LogP contribution in [0.4, 0.5) is 9.59 Å². The van der Waals surface area contributed by atoms with Crippen LogP contribution in [0.3, 0.4) is 0 Å². The summed E-state index contributed by atoms with van der Waals surface area (Å²) >= 11 is 0. The van der Waals surface area contributed by atoms with Gasteiger partial charge in [-0.15, -0.1) is 0 Å². The van der Waals surface area contributed by atoms with Crippen LogP contribution in [-0.2, 0) is 21.0 Å².